The van der Waals surface area contributed by atoms with Gasteiger partial charge in [-0.1, -0.05) is 13.8 Å². The van der Waals surface area contributed by atoms with Crippen LogP contribution < -0.4 is 0 Å². The number of likely N-dealkylation sites (N-methyl/N-ethyl adjacent to an activating group) is 1. The Labute approximate surface area is 63.2 Å². The van der Waals surface area contributed by atoms with E-state index in [4.69, 9.17) is 4.74 Å². The highest BCUT2D eigenvalue weighted by atomic mass is 16.6. The maximum atomic E-state index is 5.37. The fourth-order valence-electron chi connectivity index (χ4n) is 1.52. The Balaban J connectivity index is 0.000000231. The predicted molar refractivity (Wildman–Crippen MR) is 42.1 cm³/mol. The monoisotopic (exact) mass is 143 g/mol. The molecule has 2 aliphatic heterocycles. The van der Waals surface area contributed by atoms with Gasteiger partial charge in [-0.15, -0.1) is 0 Å². The van der Waals surface area contributed by atoms with Crippen molar-refractivity contribution in [1.29, 1.82) is 0 Å². The number of hydrogen-bond acceptors (Lipinski definition) is 2. The molecule has 0 aliphatic carbocycles. The fraction of sp³-hybridized carbons (Fsp3) is 1.00. The average molecular weight is 143 g/mol. The zero-order valence-electron chi connectivity index (χ0n) is 7.35. The van der Waals surface area contributed by atoms with Gasteiger partial charge in [0, 0.05) is 13.1 Å². The van der Waals surface area contributed by atoms with Crippen molar-refractivity contribution in [2.24, 2.45) is 0 Å². The van der Waals surface area contributed by atoms with Crippen LogP contribution in [-0.4, -0.2) is 36.7 Å². The lowest BCUT2D eigenvalue weighted by atomic mass is 9.98. The summed E-state index contributed by atoms with van der Waals surface area (Å²) in [5.74, 6) is 0. The van der Waals surface area contributed by atoms with Crippen LogP contribution in [0.4, 0.5) is 0 Å². The maximum absolute atomic E-state index is 5.37. The van der Waals surface area contributed by atoms with E-state index in [9.17, 15) is 0 Å². The molecule has 0 N–H and O–H groups in total. The van der Waals surface area contributed by atoms with Crippen molar-refractivity contribution in [1.82, 2.24) is 4.90 Å². The van der Waals surface area contributed by atoms with E-state index in [0.29, 0.717) is 11.7 Å². The molecule has 2 saturated heterocycles. The zero-order valence-corrected chi connectivity index (χ0v) is 7.35. The Bertz CT molecular complexity index is 118. The molecule has 2 heteroatoms. The van der Waals surface area contributed by atoms with Crippen LogP contribution in [0.5, 0.6) is 0 Å². The lowest BCUT2D eigenvalue weighted by Gasteiger charge is -2.33. The first-order chi connectivity index (χ1) is 4.73. The van der Waals surface area contributed by atoms with E-state index in [0.717, 1.165) is 13.1 Å². The van der Waals surface area contributed by atoms with Crippen LogP contribution in [0, 0.1) is 0 Å². The molecule has 2 aliphatic rings. The van der Waals surface area contributed by atoms with Gasteiger partial charge in [-0.3, -0.25) is 0 Å². The molecule has 60 valence electrons. The Morgan fingerprint density at radius 2 is 1.80 bits per heavy atom. The first-order valence-electron chi connectivity index (χ1n) is 4.09. The molecular weight excluding hydrogens is 126 g/mol. The molecule has 0 aromatic carbocycles. The molecule has 1 unspecified atom stereocenters. The van der Waals surface area contributed by atoms with Crippen LogP contribution in [0.15, 0.2) is 0 Å². The second-order valence-corrected chi connectivity index (χ2v) is 3.00. The molecule has 2 heterocycles. The van der Waals surface area contributed by atoms with Gasteiger partial charge in [0.25, 0.3) is 0 Å². The lowest BCUT2D eigenvalue weighted by Crippen LogP contribution is -2.52. The second-order valence-electron chi connectivity index (χ2n) is 3.00. The molecule has 0 radical (unpaired) electrons. The molecular formula is C8H17NO. The Morgan fingerprint density at radius 3 is 1.90 bits per heavy atom. The molecule has 2 fully saturated rings. The van der Waals surface area contributed by atoms with Crippen LogP contribution in [0.3, 0.4) is 0 Å². The van der Waals surface area contributed by atoms with Crippen molar-refractivity contribution in [3.63, 3.8) is 0 Å². The van der Waals surface area contributed by atoms with Gasteiger partial charge in [-0.25, -0.2) is 0 Å². The molecule has 10 heavy (non-hydrogen) atoms. The molecule has 1 spiro atoms. The van der Waals surface area contributed by atoms with Gasteiger partial charge < -0.3 is 9.64 Å². The topological polar surface area (TPSA) is 15.8 Å². The van der Waals surface area contributed by atoms with Gasteiger partial charge in [-0.2, -0.15) is 0 Å². The first-order valence-corrected chi connectivity index (χ1v) is 4.09. The number of epoxide rings is 1. The highest BCUT2D eigenvalue weighted by Gasteiger charge is 2.60. The Hall–Kier alpha value is -0.0800. The van der Waals surface area contributed by atoms with Crippen molar-refractivity contribution in [2.45, 2.75) is 32.5 Å². The first kappa shape index (κ1) is 8.02. The third-order valence-electron chi connectivity index (χ3n) is 2.17. The largest absolute Gasteiger partial charge is 0.364 e. The number of hydrogen-bond donors (Lipinski definition) is 0. The molecule has 0 bridgehead atoms. The van der Waals surface area contributed by atoms with Crippen molar-refractivity contribution in [3.8, 4) is 0 Å². The van der Waals surface area contributed by atoms with Crippen molar-refractivity contribution < 1.29 is 4.74 Å². The van der Waals surface area contributed by atoms with E-state index in [-0.39, 0.29) is 0 Å². The van der Waals surface area contributed by atoms with Gasteiger partial charge >= 0.3 is 0 Å². The van der Waals surface area contributed by atoms with Crippen LogP contribution >= 0.6 is 0 Å². The van der Waals surface area contributed by atoms with Crippen molar-refractivity contribution in [3.05, 3.63) is 0 Å². The number of likely N-dealkylation sites (tertiary alicyclic amines) is 1. The Morgan fingerprint density at radius 1 is 1.40 bits per heavy atom. The maximum Gasteiger partial charge on any atom is 0.120 e. The van der Waals surface area contributed by atoms with Crippen molar-refractivity contribution in [2.75, 3.05) is 20.1 Å². The summed E-state index contributed by atoms with van der Waals surface area (Å²) in [5, 5.41) is 0. The van der Waals surface area contributed by atoms with E-state index >= 15 is 0 Å². The summed E-state index contributed by atoms with van der Waals surface area (Å²) < 4.78 is 5.37. The van der Waals surface area contributed by atoms with Gasteiger partial charge in [-0.05, 0) is 14.0 Å². The fourth-order valence-corrected chi connectivity index (χ4v) is 1.52. The van der Waals surface area contributed by atoms with Gasteiger partial charge in [0.1, 0.15) is 5.60 Å². The van der Waals surface area contributed by atoms with E-state index < -0.39 is 0 Å². The summed E-state index contributed by atoms with van der Waals surface area (Å²) in [6.07, 6.45) is 0.540. The number of rotatable bonds is 0. The number of nitrogens with zero attached hydrogens (tertiary/aromatic N) is 1. The van der Waals surface area contributed by atoms with Crippen LogP contribution in [0.2, 0.25) is 0 Å². The van der Waals surface area contributed by atoms with E-state index in [1.165, 1.54) is 0 Å². The molecule has 2 rings (SSSR count). The third kappa shape index (κ3) is 1.06. The van der Waals surface area contributed by atoms with E-state index in [2.05, 4.69) is 18.9 Å². The van der Waals surface area contributed by atoms with Gasteiger partial charge in [0.05, 0.1) is 6.10 Å². The van der Waals surface area contributed by atoms with E-state index in [1.54, 1.807) is 0 Å². The summed E-state index contributed by atoms with van der Waals surface area (Å²) >= 11 is 0. The highest BCUT2D eigenvalue weighted by molar-refractivity contribution is 5.10. The minimum Gasteiger partial charge on any atom is -0.364 e. The summed E-state index contributed by atoms with van der Waals surface area (Å²) in [5.41, 5.74) is 0.328. The highest BCUT2D eigenvalue weighted by Crippen LogP contribution is 2.42. The normalized spacial score (nSPS) is 34.2. The summed E-state index contributed by atoms with van der Waals surface area (Å²) in [6, 6.07) is 0. The lowest BCUT2D eigenvalue weighted by molar-refractivity contribution is 0.0870. The summed E-state index contributed by atoms with van der Waals surface area (Å²) in [6.45, 7) is 8.44. The second kappa shape index (κ2) is 2.51. The Kier molecular flexibility index (Phi) is 2.02. The van der Waals surface area contributed by atoms with Crippen LogP contribution in [-0.2, 0) is 4.74 Å². The zero-order chi connectivity index (χ0) is 7.78. The third-order valence-corrected chi connectivity index (χ3v) is 2.17. The minimum absolute atomic E-state index is 0.328. The van der Waals surface area contributed by atoms with Crippen LogP contribution in [0.25, 0.3) is 0 Å². The van der Waals surface area contributed by atoms with Gasteiger partial charge in [0.15, 0.2) is 0 Å². The van der Waals surface area contributed by atoms with E-state index in [1.807, 2.05) is 13.8 Å². The average Bonchev–Trinajstić information content (AvgIpc) is 2.47. The molecule has 2 nitrogen and oxygen atoms in total. The molecule has 1 atom stereocenters. The van der Waals surface area contributed by atoms with Gasteiger partial charge in [0.2, 0.25) is 0 Å². The van der Waals surface area contributed by atoms with Crippen LogP contribution in [0.1, 0.15) is 20.8 Å². The summed E-state index contributed by atoms with van der Waals surface area (Å²) in [4.78, 5) is 2.28. The minimum atomic E-state index is 0.328. The molecule has 0 saturated carbocycles. The SMILES string of the molecule is CC.CC1OC12CN(C)C2. The number of ether oxygens (including phenoxy) is 1. The standard InChI is InChI=1S/C6H11NO.C2H6/c1-5-6(8-5)3-7(2)4-6;1-2/h5H,3-4H2,1-2H3;1-2H3. The molecule has 0 amide bonds. The molecule has 0 aromatic heterocycles. The van der Waals surface area contributed by atoms with Crippen molar-refractivity contribution >= 4 is 0 Å². The molecule has 0 aromatic rings. The smallest absolute Gasteiger partial charge is 0.120 e. The summed E-state index contributed by atoms with van der Waals surface area (Å²) in [7, 11) is 2.12. The predicted octanol–water partition coefficient (Wildman–Crippen LogP) is 1.12. The quantitative estimate of drug-likeness (QED) is 0.472.